The van der Waals surface area contributed by atoms with Crippen molar-refractivity contribution in [2.75, 3.05) is 18.0 Å². The van der Waals surface area contributed by atoms with Crippen LogP contribution in [0, 0.1) is 3.57 Å². The molecule has 0 saturated heterocycles. The molecular formula is C16H20IN5O2. The first kappa shape index (κ1) is 18.2. The third-order valence-corrected chi connectivity index (χ3v) is 4.30. The number of nitrogens with one attached hydrogen (secondary N) is 1. The van der Waals surface area contributed by atoms with Gasteiger partial charge in [0.25, 0.3) is 5.91 Å². The molecule has 2 N–H and O–H groups in total. The van der Waals surface area contributed by atoms with Crippen LogP contribution in [0.1, 0.15) is 29.9 Å². The summed E-state index contributed by atoms with van der Waals surface area (Å²) < 4.78 is 2.31. The van der Waals surface area contributed by atoms with Gasteiger partial charge in [0.2, 0.25) is 0 Å². The molecule has 0 bridgehead atoms. The molecule has 1 aromatic heterocycles. The number of aromatic nitrogens is 2. The highest BCUT2D eigenvalue weighted by Crippen LogP contribution is 2.23. The number of hydrazone groups is 1. The summed E-state index contributed by atoms with van der Waals surface area (Å²) in [4.78, 5) is 14.1. The predicted molar refractivity (Wildman–Crippen MR) is 103 cm³/mol. The Morgan fingerprint density at radius 3 is 2.71 bits per heavy atom. The maximum atomic E-state index is 12.0. The molecule has 24 heavy (non-hydrogen) atoms. The SMILES string of the molecule is CCN(CC)c1ccc(C=NNC(=O)c2nn(C)cc2I)c(O)c1. The fraction of sp³-hybridized carbons (Fsp3) is 0.312. The van der Waals surface area contributed by atoms with Crippen molar-refractivity contribution < 1.29 is 9.90 Å². The van der Waals surface area contributed by atoms with E-state index in [1.165, 1.54) is 6.21 Å². The Hall–Kier alpha value is -2.10. The number of aryl methyl sites for hydroxylation is 1. The van der Waals surface area contributed by atoms with Crippen molar-refractivity contribution >= 4 is 40.4 Å². The van der Waals surface area contributed by atoms with Gasteiger partial charge in [-0.15, -0.1) is 0 Å². The number of anilines is 1. The first-order valence-corrected chi connectivity index (χ1v) is 8.64. The largest absolute Gasteiger partial charge is 0.507 e. The van der Waals surface area contributed by atoms with Crippen LogP contribution in [0.5, 0.6) is 5.75 Å². The molecule has 0 aliphatic heterocycles. The number of amides is 1. The van der Waals surface area contributed by atoms with Crippen LogP contribution in [-0.2, 0) is 7.05 Å². The molecule has 1 aromatic carbocycles. The molecule has 8 heteroatoms. The van der Waals surface area contributed by atoms with E-state index in [1.807, 2.05) is 28.7 Å². The number of aromatic hydroxyl groups is 1. The third kappa shape index (κ3) is 4.25. The van der Waals surface area contributed by atoms with Gasteiger partial charge in [0, 0.05) is 43.7 Å². The van der Waals surface area contributed by atoms with Crippen molar-refractivity contribution in [2.45, 2.75) is 13.8 Å². The van der Waals surface area contributed by atoms with Crippen LogP contribution < -0.4 is 10.3 Å². The normalized spacial score (nSPS) is 11.0. The fourth-order valence-corrected chi connectivity index (χ4v) is 3.01. The Morgan fingerprint density at radius 2 is 2.17 bits per heavy atom. The first-order valence-electron chi connectivity index (χ1n) is 7.56. The van der Waals surface area contributed by atoms with Crippen molar-refractivity contribution in [3.8, 4) is 5.75 Å². The molecule has 0 fully saturated rings. The highest BCUT2D eigenvalue weighted by molar-refractivity contribution is 14.1. The first-order chi connectivity index (χ1) is 11.5. The number of phenols is 1. The van der Waals surface area contributed by atoms with E-state index in [-0.39, 0.29) is 5.75 Å². The predicted octanol–water partition coefficient (Wildman–Crippen LogP) is 2.34. The maximum absolute atomic E-state index is 12.0. The van der Waals surface area contributed by atoms with Crippen LogP contribution in [0.3, 0.4) is 0 Å². The molecule has 7 nitrogen and oxygen atoms in total. The fourth-order valence-electron chi connectivity index (χ4n) is 2.25. The summed E-state index contributed by atoms with van der Waals surface area (Å²) in [5, 5.41) is 18.1. The molecule has 2 aromatic rings. The van der Waals surface area contributed by atoms with Crippen LogP contribution in [0.2, 0.25) is 0 Å². The monoisotopic (exact) mass is 441 g/mol. The molecule has 1 heterocycles. The number of hydrogen-bond donors (Lipinski definition) is 2. The second-order valence-electron chi connectivity index (χ2n) is 5.11. The number of halogens is 1. The van der Waals surface area contributed by atoms with Crippen molar-refractivity contribution in [3.63, 3.8) is 0 Å². The lowest BCUT2D eigenvalue weighted by Crippen LogP contribution is -2.21. The number of carbonyl (C=O) groups excluding carboxylic acids is 1. The van der Waals surface area contributed by atoms with Gasteiger partial charge in [0.1, 0.15) is 5.75 Å². The second-order valence-corrected chi connectivity index (χ2v) is 6.28. The van der Waals surface area contributed by atoms with E-state index in [4.69, 9.17) is 0 Å². The van der Waals surface area contributed by atoms with Crippen molar-refractivity contribution in [2.24, 2.45) is 12.1 Å². The summed E-state index contributed by atoms with van der Waals surface area (Å²) in [6, 6.07) is 5.37. The van der Waals surface area contributed by atoms with E-state index in [1.54, 1.807) is 30.1 Å². The number of phenolic OH excluding ortho intramolecular Hbond substituents is 1. The molecule has 2 rings (SSSR count). The van der Waals surface area contributed by atoms with Crippen LogP contribution >= 0.6 is 22.6 Å². The number of hydrogen-bond acceptors (Lipinski definition) is 5. The third-order valence-electron chi connectivity index (χ3n) is 3.51. The Bertz CT molecular complexity index is 753. The van der Waals surface area contributed by atoms with E-state index in [9.17, 15) is 9.90 Å². The quantitative estimate of drug-likeness (QED) is 0.410. The van der Waals surface area contributed by atoms with Gasteiger partial charge in [-0.05, 0) is 48.6 Å². The average molecular weight is 441 g/mol. The number of carbonyl (C=O) groups is 1. The summed E-state index contributed by atoms with van der Waals surface area (Å²) >= 11 is 2.04. The minimum atomic E-state index is -0.393. The van der Waals surface area contributed by atoms with Gasteiger partial charge < -0.3 is 10.0 Å². The minimum Gasteiger partial charge on any atom is -0.507 e. The molecule has 0 unspecified atom stereocenters. The maximum Gasteiger partial charge on any atom is 0.292 e. The zero-order valence-electron chi connectivity index (χ0n) is 13.8. The zero-order chi connectivity index (χ0) is 17.7. The molecule has 1 amide bonds. The summed E-state index contributed by atoms with van der Waals surface area (Å²) in [6.45, 7) is 5.85. The Labute approximate surface area is 154 Å². The second kappa shape index (κ2) is 8.13. The van der Waals surface area contributed by atoms with Gasteiger partial charge in [-0.2, -0.15) is 10.2 Å². The number of nitrogens with zero attached hydrogens (tertiary/aromatic N) is 4. The highest BCUT2D eigenvalue weighted by Gasteiger charge is 2.13. The van der Waals surface area contributed by atoms with Crippen molar-refractivity contribution in [1.29, 1.82) is 0 Å². The summed E-state index contributed by atoms with van der Waals surface area (Å²) in [6.07, 6.45) is 3.16. The summed E-state index contributed by atoms with van der Waals surface area (Å²) in [5.74, 6) is -0.277. The molecule has 0 aliphatic rings. The topological polar surface area (TPSA) is 82.8 Å². The molecule has 0 spiro atoms. The van der Waals surface area contributed by atoms with E-state index in [2.05, 4.69) is 34.4 Å². The lowest BCUT2D eigenvalue weighted by molar-refractivity contribution is 0.0948. The summed E-state index contributed by atoms with van der Waals surface area (Å²) in [7, 11) is 1.75. The molecule has 0 aliphatic carbocycles. The van der Waals surface area contributed by atoms with Gasteiger partial charge in [0.05, 0.1) is 9.78 Å². The van der Waals surface area contributed by atoms with Crippen LogP contribution in [0.15, 0.2) is 29.5 Å². The van der Waals surface area contributed by atoms with Gasteiger partial charge in [-0.3, -0.25) is 9.48 Å². The Kier molecular flexibility index (Phi) is 6.18. The molecule has 0 radical (unpaired) electrons. The van der Waals surface area contributed by atoms with Gasteiger partial charge in [-0.25, -0.2) is 5.43 Å². The zero-order valence-corrected chi connectivity index (χ0v) is 16.0. The van der Waals surface area contributed by atoms with E-state index in [0.717, 1.165) is 22.3 Å². The van der Waals surface area contributed by atoms with E-state index in [0.29, 0.717) is 11.3 Å². The standard InChI is InChI=1S/C16H20IN5O2/c1-4-22(5-2)12-7-6-11(14(23)8-12)9-18-19-16(24)15-13(17)10-21(3)20-15/h6-10,23H,4-5H2,1-3H3,(H,19,24). The lowest BCUT2D eigenvalue weighted by atomic mass is 10.2. The Morgan fingerprint density at radius 1 is 1.46 bits per heavy atom. The number of rotatable bonds is 6. The smallest absolute Gasteiger partial charge is 0.292 e. The van der Waals surface area contributed by atoms with Crippen molar-refractivity contribution in [3.05, 3.63) is 39.2 Å². The highest BCUT2D eigenvalue weighted by atomic mass is 127. The lowest BCUT2D eigenvalue weighted by Gasteiger charge is -2.21. The molecule has 0 atom stereocenters. The number of benzene rings is 1. The van der Waals surface area contributed by atoms with Crippen LogP contribution in [0.4, 0.5) is 5.69 Å². The molecule has 0 saturated carbocycles. The van der Waals surface area contributed by atoms with Crippen LogP contribution in [0.25, 0.3) is 0 Å². The minimum absolute atomic E-state index is 0.116. The molecule has 128 valence electrons. The summed E-state index contributed by atoms with van der Waals surface area (Å²) in [5.41, 5.74) is 4.21. The van der Waals surface area contributed by atoms with E-state index >= 15 is 0 Å². The van der Waals surface area contributed by atoms with Crippen molar-refractivity contribution in [1.82, 2.24) is 15.2 Å². The average Bonchev–Trinajstić information content (AvgIpc) is 2.89. The van der Waals surface area contributed by atoms with Gasteiger partial charge in [0.15, 0.2) is 5.69 Å². The van der Waals surface area contributed by atoms with E-state index < -0.39 is 5.91 Å². The van der Waals surface area contributed by atoms with Gasteiger partial charge in [-0.1, -0.05) is 0 Å². The molecular weight excluding hydrogens is 421 g/mol. The Balaban J connectivity index is 2.06. The van der Waals surface area contributed by atoms with Gasteiger partial charge >= 0.3 is 0 Å². The van der Waals surface area contributed by atoms with Crippen LogP contribution in [-0.4, -0.2) is 40.1 Å².